The van der Waals surface area contributed by atoms with Gasteiger partial charge in [-0.1, -0.05) is 36.4 Å². The van der Waals surface area contributed by atoms with Gasteiger partial charge in [0.2, 0.25) is 5.95 Å². The molecule has 0 spiro atoms. The first-order valence-corrected chi connectivity index (χ1v) is 11.1. The minimum atomic E-state index is -2.96. The monoisotopic (exact) mass is 476 g/mol. The van der Waals surface area contributed by atoms with E-state index in [0.717, 1.165) is 34.9 Å². The normalized spacial score (nSPS) is 11.4. The van der Waals surface area contributed by atoms with Crippen molar-refractivity contribution in [3.8, 4) is 11.1 Å². The molecule has 0 aliphatic rings. The maximum absolute atomic E-state index is 13.8. The number of nitrogens with zero attached hydrogens (tertiary/aromatic N) is 4. The molecule has 2 heterocycles. The number of aryl methyl sites for hydroxylation is 1. The van der Waals surface area contributed by atoms with E-state index in [1.54, 1.807) is 32.6 Å². The van der Waals surface area contributed by atoms with Gasteiger partial charge in [0.1, 0.15) is 0 Å². The van der Waals surface area contributed by atoms with E-state index in [1.807, 2.05) is 38.1 Å². The highest BCUT2D eigenvalue weighted by molar-refractivity contribution is 5.83. The van der Waals surface area contributed by atoms with Gasteiger partial charge in [-0.15, -0.1) is 0 Å². The summed E-state index contributed by atoms with van der Waals surface area (Å²) in [5.74, 6) is -2.46. The van der Waals surface area contributed by atoms with Gasteiger partial charge in [0.05, 0.1) is 17.6 Å². The fourth-order valence-electron chi connectivity index (χ4n) is 3.43. The molecule has 0 fully saturated rings. The average Bonchev–Trinajstić information content (AvgIpc) is 2.80. The molecule has 0 atom stereocenters. The van der Waals surface area contributed by atoms with Crippen LogP contribution < -0.4 is 10.6 Å². The van der Waals surface area contributed by atoms with Gasteiger partial charge in [0, 0.05) is 61.5 Å². The molecule has 6 nitrogen and oxygen atoms in total. The van der Waals surface area contributed by atoms with Gasteiger partial charge < -0.3 is 10.6 Å². The molecule has 0 unspecified atom stereocenters. The predicted molar refractivity (Wildman–Crippen MR) is 139 cm³/mol. The average molecular weight is 477 g/mol. The number of pyridine rings is 1. The molecule has 3 aromatic rings. The number of aliphatic imine (C=N–C) groups is 1. The molecule has 0 bridgehead atoms. The SMILES string of the molecule is C=C(Cc1ccc(-c2cnc(NC(/C=N\C)=C(C)C)nc2)cc1)Nc1cnc(C)c(C(C)(F)F)c1. The van der Waals surface area contributed by atoms with Crippen LogP contribution in [-0.4, -0.2) is 28.2 Å². The molecule has 0 radical (unpaired) electrons. The minimum absolute atomic E-state index is 0.0985. The number of halogens is 2. The van der Waals surface area contributed by atoms with Gasteiger partial charge in [0.25, 0.3) is 5.92 Å². The van der Waals surface area contributed by atoms with Gasteiger partial charge in [0.15, 0.2) is 0 Å². The van der Waals surface area contributed by atoms with E-state index in [1.165, 1.54) is 12.3 Å². The zero-order valence-corrected chi connectivity index (χ0v) is 20.7. The lowest BCUT2D eigenvalue weighted by molar-refractivity contribution is 0.0165. The summed E-state index contributed by atoms with van der Waals surface area (Å²) in [6.07, 6.45) is 7.34. The van der Waals surface area contributed by atoms with Crippen molar-refractivity contribution in [2.24, 2.45) is 4.99 Å². The van der Waals surface area contributed by atoms with Crippen molar-refractivity contribution in [1.82, 2.24) is 15.0 Å². The number of allylic oxidation sites excluding steroid dienone is 3. The standard InChI is InChI=1S/C27H30F2N6/c1-17(2)25(16-30-6)35-26-32-13-22(14-33-26)21-9-7-20(8-10-21)11-18(3)34-23-12-24(27(5,28)29)19(4)31-15-23/h7-10,12-16,34H,3,11H2,1-2,4-6H3,(H,32,33,35)/b30-16-. The molecule has 0 aliphatic carbocycles. The van der Waals surface area contributed by atoms with Crippen molar-refractivity contribution >= 4 is 17.9 Å². The predicted octanol–water partition coefficient (Wildman–Crippen LogP) is 6.53. The van der Waals surface area contributed by atoms with Crippen molar-refractivity contribution in [3.05, 3.63) is 89.3 Å². The number of aromatic nitrogens is 3. The molecule has 2 N–H and O–H groups in total. The Kier molecular flexibility index (Phi) is 8.06. The smallest absolute Gasteiger partial charge is 0.272 e. The zero-order chi connectivity index (χ0) is 25.6. The first-order chi connectivity index (χ1) is 16.6. The number of hydrogen-bond acceptors (Lipinski definition) is 6. The van der Waals surface area contributed by atoms with Crippen LogP contribution in [0.25, 0.3) is 11.1 Å². The molecule has 182 valence electrons. The lowest BCUT2D eigenvalue weighted by atomic mass is 10.0. The number of alkyl halides is 2. The lowest BCUT2D eigenvalue weighted by Crippen LogP contribution is -2.12. The third kappa shape index (κ3) is 7.02. The van der Waals surface area contributed by atoms with Crippen LogP contribution in [0.3, 0.4) is 0 Å². The summed E-state index contributed by atoms with van der Waals surface area (Å²) in [7, 11) is 1.72. The van der Waals surface area contributed by atoms with Crippen molar-refractivity contribution in [2.45, 2.75) is 40.0 Å². The van der Waals surface area contributed by atoms with Crippen LogP contribution in [0.1, 0.15) is 37.6 Å². The van der Waals surface area contributed by atoms with Crippen LogP contribution in [0.4, 0.5) is 20.4 Å². The topological polar surface area (TPSA) is 75.1 Å². The second-order valence-electron chi connectivity index (χ2n) is 8.57. The van der Waals surface area contributed by atoms with Gasteiger partial charge in [-0.2, -0.15) is 0 Å². The number of nitrogens with one attached hydrogen (secondary N) is 2. The molecule has 0 aliphatic heterocycles. The number of benzene rings is 1. The summed E-state index contributed by atoms with van der Waals surface area (Å²) in [4.78, 5) is 16.9. The van der Waals surface area contributed by atoms with E-state index < -0.39 is 5.92 Å². The van der Waals surface area contributed by atoms with Crippen LogP contribution in [0.2, 0.25) is 0 Å². The highest BCUT2D eigenvalue weighted by Gasteiger charge is 2.27. The van der Waals surface area contributed by atoms with Crippen molar-refractivity contribution in [3.63, 3.8) is 0 Å². The van der Waals surface area contributed by atoms with Crippen molar-refractivity contribution < 1.29 is 8.78 Å². The van der Waals surface area contributed by atoms with E-state index in [4.69, 9.17) is 0 Å². The molecular weight excluding hydrogens is 446 g/mol. The van der Waals surface area contributed by atoms with E-state index >= 15 is 0 Å². The Bertz CT molecular complexity index is 1240. The van der Waals surface area contributed by atoms with Gasteiger partial charge >= 0.3 is 0 Å². The summed E-state index contributed by atoms with van der Waals surface area (Å²) in [5.41, 5.74) is 6.22. The Morgan fingerprint density at radius 1 is 1.03 bits per heavy atom. The third-order valence-electron chi connectivity index (χ3n) is 5.28. The molecule has 0 amide bonds. The van der Waals surface area contributed by atoms with Crippen LogP contribution >= 0.6 is 0 Å². The first-order valence-electron chi connectivity index (χ1n) is 11.1. The van der Waals surface area contributed by atoms with E-state index in [2.05, 4.69) is 37.2 Å². The van der Waals surface area contributed by atoms with Gasteiger partial charge in [-0.3, -0.25) is 9.98 Å². The van der Waals surface area contributed by atoms with E-state index in [0.29, 0.717) is 29.4 Å². The Balaban J connectivity index is 1.64. The van der Waals surface area contributed by atoms with Crippen LogP contribution in [0.5, 0.6) is 0 Å². The first kappa shape index (κ1) is 25.7. The van der Waals surface area contributed by atoms with Crippen LogP contribution in [0, 0.1) is 6.92 Å². The third-order valence-corrected chi connectivity index (χ3v) is 5.28. The van der Waals surface area contributed by atoms with Gasteiger partial charge in [-0.05, 0) is 38.0 Å². The Morgan fingerprint density at radius 2 is 1.69 bits per heavy atom. The summed E-state index contributed by atoms with van der Waals surface area (Å²) in [5, 5.41) is 6.25. The zero-order valence-electron chi connectivity index (χ0n) is 20.7. The quantitative estimate of drug-likeness (QED) is 0.343. The minimum Gasteiger partial charge on any atom is -0.358 e. The molecule has 1 aromatic carbocycles. The molecule has 0 saturated carbocycles. The molecule has 0 saturated heterocycles. The maximum Gasteiger partial charge on any atom is 0.272 e. The highest BCUT2D eigenvalue weighted by Crippen LogP contribution is 2.31. The molecule has 35 heavy (non-hydrogen) atoms. The second-order valence-corrected chi connectivity index (χ2v) is 8.57. The number of rotatable bonds is 9. The molecular formula is C27H30F2N6. The van der Waals surface area contributed by atoms with Crippen molar-refractivity contribution in [2.75, 3.05) is 17.7 Å². The Morgan fingerprint density at radius 3 is 2.26 bits per heavy atom. The number of anilines is 2. The summed E-state index contributed by atoms with van der Waals surface area (Å²) in [6.45, 7) is 10.5. The van der Waals surface area contributed by atoms with Crippen molar-refractivity contribution in [1.29, 1.82) is 0 Å². The summed E-state index contributed by atoms with van der Waals surface area (Å²) < 4.78 is 27.6. The molecule has 3 rings (SSSR count). The largest absolute Gasteiger partial charge is 0.358 e. The lowest BCUT2D eigenvalue weighted by Gasteiger charge is -2.16. The van der Waals surface area contributed by atoms with E-state index in [-0.39, 0.29) is 5.56 Å². The summed E-state index contributed by atoms with van der Waals surface area (Å²) in [6, 6.07) is 9.38. The van der Waals surface area contributed by atoms with Gasteiger partial charge in [-0.25, -0.2) is 18.7 Å². The summed E-state index contributed by atoms with van der Waals surface area (Å²) >= 11 is 0. The fourth-order valence-corrected chi connectivity index (χ4v) is 3.43. The fraction of sp³-hybridized carbons (Fsp3) is 0.259. The number of hydrogen-bond donors (Lipinski definition) is 2. The highest BCUT2D eigenvalue weighted by atomic mass is 19.3. The van der Waals surface area contributed by atoms with E-state index in [9.17, 15) is 8.78 Å². The molecule has 8 heteroatoms. The van der Waals surface area contributed by atoms with Crippen LogP contribution in [-0.2, 0) is 12.3 Å². The van der Waals surface area contributed by atoms with Crippen LogP contribution in [0.15, 0.2) is 77.5 Å². The second kappa shape index (κ2) is 11.0. The Labute approximate surface area is 205 Å². The Hall–Kier alpha value is -3.94. The molecule has 2 aromatic heterocycles. The maximum atomic E-state index is 13.8.